The Kier molecular flexibility index (Phi) is 11.4. The van der Waals surface area contributed by atoms with Crippen molar-refractivity contribution in [3.05, 3.63) is 61.2 Å². The Morgan fingerprint density at radius 3 is 1.83 bits per heavy atom. The summed E-state index contributed by atoms with van der Waals surface area (Å²) >= 11 is 0. The van der Waals surface area contributed by atoms with Crippen molar-refractivity contribution in [2.75, 3.05) is 20.8 Å². The molecule has 2 aromatic rings. The molecule has 1 fully saturated rings. The Labute approximate surface area is 216 Å². The average molecular weight is 499 g/mol. The Balaban J connectivity index is 1.71. The monoisotopic (exact) mass is 498 g/mol. The van der Waals surface area contributed by atoms with Crippen molar-refractivity contribution in [2.24, 2.45) is 5.92 Å². The summed E-state index contributed by atoms with van der Waals surface area (Å²) in [5, 5.41) is 10.2. The largest absolute Gasteiger partial charge is 0.497 e. The quantitative estimate of drug-likeness (QED) is 0.219. The van der Waals surface area contributed by atoms with Gasteiger partial charge in [0.1, 0.15) is 35.2 Å². The molecular weight excluding hydrogens is 456 g/mol. The van der Waals surface area contributed by atoms with Crippen LogP contribution in [0.4, 0.5) is 0 Å². The Hall–Kier alpha value is -2.70. The van der Waals surface area contributed by atoms with Crippen molar-refractivity contribution in [1.82, 2.24) is 0 Å². The summed E-state index contributed by atoms with van der Waals surface area (Å²) < 4.78 is 29.8. The second-order valence-corrected chi connectivity index (χ2v) is 9.45. The summed E-state index contributed by atoms with van der Waals surface area (Å²) in [6.45, 7) is 5.86. The molecule has 6 nitrogen and oxygen atoms in total. The van der Waals surface area contributed by atoms with Gasteiger partial charge in [-0.05, 0) is 73.7 Å². The van der Waals surface area contributed by atoms with Gasteiger partial charge < -0.3 is 28.8 Å². The first-order chi connectivity index (χ1) is 17.6. The number of aliphatic hydroxyl groups excluding tert-OH is 1. The van der Waals surface area contributed by atoms with Crippen LogP contribution in [0, 0.1) is 5.92 Å². The van der Waals surface area contributed by atoms with Gasteiger partial charge in [0.05, 0.1) is 20.8 Å². The minimum Gasteiger partial charge on any atom is -0.497 e. The standard InChI is InChI=1S/C30H42O6/c1-5-6-7-8-9-10-11-12-22(2)28-30(35-26-19-15-24(33-4)16-20-26)29(27(21-31)36-28)34-25-17-13-23(32-3)14-18-25/h5,13-20,22,27-31H,1,6-12,21H2,2-4H3/t22?,27-,28+,29-,30-/m1/s1. The molecule has 5 atom stereocenters. The van der Waals surface area contributed by atoms with E-state index in [0.29, 0.717) is 11.5 Å². The molecule has 0 amide bonds. The predicted octanol–water partition coefficient (Wildman–Crippen LogP) is 6.21. The minimum absolute atomic E-state index is 0.143. The molecule has 1 aliphatic heterocycles. The molecule has 6 heteroatoms. The van der Waals surface area contributed by atoms with E-state index in [1.807, 2.05) is 54.6 Å². The molecule has 0 spiro atoms. The van der Waals surface area contributed by atoms with Gasteiger partial charge in [-0.15, -0.1) is 6.58 Å². The second kappa shape index (κ2) is 14.8. The summed E-state index contributed by atoms with van der Waals surface area (Å²) in [4.78, 5) is 0. The maximum atomic E-state index is 10.2. The smallest absolute Gasteiger partial charge is 0.166 e. The van der Waals surface area contributed by atoms with Gasteiger partial charge in [0.25, 0.3) is 0 Å². The average Bonchev–Trinajstić information content (AvgIpc) is 3.25. The third kappa shape index (κ3) is 7.90. The van der Waals surface area contributed by atoms with E-state index in [9.17, 15) is 5.11 Å². The van der Waals surface area contributed by atoms with E-state index >= 15 is 0 Å². The highest BCUT2D eigenvalue weighted by atomic mass is 16.6. The summed E-state index contributed by atoms with van der Waals surface area (Å²) in [6.07, 6.45) is 8.62. The van der Waals surface area contributed by atoms with Gasteiger partial charge in [-0.1, -0.05) is 38.7 Å². The van der Waals surface area contributed by atoms with Crippen LogP contribution < -0.4 is 18.9 Å². The number of hydrogen-bond acceptors (Lipinski definition) is 6. The van der Waals surface area contributed by atoms with Crippen LogP contribution in [0.3, 0.4) is 0 Å². The Bertz CT molecular complexity index is 881. The molecule has 1 aliphatic rings. The summed E-state index contributed by atoms with van der Waals surface area (Å²) in [7, 11) is 3.27. The van der Waals surface area contributed by atoms with Gasteiger partial charge in [0.15, 0.2) is 12.2 Å². The Morgan fingerprint density at radius 1 is 0.806 bits per heavy atom. The normalized spacial score (nSPS) is 22.1. The van der Waals surface area contributed by atoms with E-state index in [1.54, 1.807) is 14.2 Å². The van der Waals surface area contributed by atoms with Crippen LogP contribution in [0.1, 0.15) is 51.9 Å². The zero-order valence-electron chi connectivity index (χ0n) is 21.9. The first kappa shape index (κ1) is 27.9. The van der Waals surface area contributed by atoms with Gasteiger partial charge >= 0.3 is 0 Å². The first-order valence-corrected chi connectivity index (χ1v) is 13.1. The SMILES string of the molecule is C=CCCCCCCCC(C)[C@@H]1O[C@H](CO)[C@@H](Oc2ccc(OC)cc2)[C@@H]1Oc1ccc(OC)cc1. The van der Waals surface area contributed by atoms with E-state index in [-0.39, 0.29) is 24.7 Å². The fraction of sp³-hybridized carbons (Fsp3) is 0.533. The zero-order chi connectivity index (χ0) is 25.8. The molecule has 3 rings (SSSR count). The van der Waals surface area contributed by atoms with Crippen LogP contribution in [-0.4, -0.2) is 50.3 Å². The number of benzene rings is 2. The van der Waals surface area contributed by atoms with Gasteiger partial charge in [0.2, 0.25) is 0 Å². The molecule has 2 aromatic carbocycles. The summed E-state index contributed by atoms with van der Waals surface area (Å²) in [6, 6.07) is 15.0. The lowest BCUT2D eigenvalue weighted by Crippen LogP contribution is -2.44. The molecule has 198 valence electrons. The lowest BCUT2D eigenvalue weighted by molar-refractivity contribution is -0.0383. The number of unbranched alkanes of at least 4 members (excludes halogenated alkanes) is 5. The number of allylic oxidation sites excluding steroid dienone is 1. The molecule has 0 bridgehead atoms. The van der Waals surface area contributed by atoms with Crippen molar-refractivity contribution in [2.45, 2.75) is 76.3 Å². The number of methoxy groups -OCH3 is 2. The molecule has 0 saturated carbocycles. The number of aliphatic hydroxyl groups is 1. The maximum absolute atomic E-state index is 10.2. The molecule has 0 aliphatic carbocycles. The van der Waals surface area contributed by atoms with Gasteiger partial charge in [-0.2, -0.15) is 0 Å². The number of rotatable bonds is 16. The molecular formula is C30H42O6. The van der Waals surface area contributed by atoms with Crippen LogP contribution in [0.5, 0.6) is 23.0 Å². The van der Waals surface area contributed by atoms with Crippen molar-refractivity contribution in [3.8, 4) is 23.0 Å². The highest BCUT2D eigenvalue weighted by Crippen LogP contribution is 2.35. The van der Waals surface area contributed by atoms with Gasteiger partial charge in [-0.3, -0.25) is 0 Å². The minimum atomic E-state index is -0.485. The third-order valence-corrected chi connectivity index (χ3v) is 6.82. The fourth-order valence-corrected chi connectivity index (χ4v) is 4.71. The number of ether oxygens (including phenoxy) is 5. The van der Waals surface area contributed by atoms with Crippen molar-refractivity contribution >= 4 is 0 Å². The molecule has 1 unspecified atom stereocenters. The lowest BCUT2D eigenvalue weighted by atomic mass is 9.92. The highest BCUT2D eigenvalue weighted by Gasteiger charge is 2.49. The zero-order valence-corrected chi connectivity index (χ0v) is 21.9. The summed E-state index contributed by atoms with van der Waals surface area (Å²) in [5.74, 6) is 3.16. The van der Waals surface area contributed by atoms with Crippen LogP contribution in [-0.2, 0) is 4.74 Å². The maximum Gasteiger partial charge on any atom is 0.166 e. The van der Waals surface area contributed by atoms with Gasteiger partial charge in [0, 0.05) is 0 Å². The molecule has 0 radical (unpaired) electrons. The third-order valence-electron chi connectivity index (χ3n) is 6.82. The van der Waals surface area contributed by atoms with E-state index < -0.39 is 12.2 Å². The van der Waals surface area contributed by atoms with Crippen LogP contribution >= 0.6 is 0 Å². The fourth-order valence-electron chi connectivity index (χ4n) is 4.71. The first-order valence-electron chi connectivity index (χ1n) is 13.1. The second-order valence-electron chi connectivity index (χ2n) is 9.45. The number of hydrogen-bond donors (Lipinski definition) is 1. The van der Waals surface area contributed by atoms with Crippen LogP contribution in [0.2, 0.25) is 0 Å². The molecule has 36 heavy (non-hydrogen) atoms. The molecule has 1 saturated heterocycles. The van der Waals surface area contributed by atoms with E-state index in [0.717, 1.165) is 30.8 Å². The highest BCUT2D eigenvalue weighted by molar-refractivity contribution is 5.33. The predicted molar refractivity (Wildman–Crippen MR) is 142 cm³/mol. The van der Waals surface area contributed by atoms with Crippen molar-refractivity contribution < 1.29 is 28.8 Å². The molecule has 1 heterocycles. The van der Waals surface area contributed by atoms with Crippen molar-refractivity contribution in [1.29, 1.82) is 0 Å². The van der Waals surface area contributed by atoms with Crippen LogP contribution in [0.15, 0.2) is 61.2 Å². The van der Waals surface area contributed by atoms with E-state index in [1.165, 1.54) is 25.7 Å². The summed E-state index contributed by atoms with van der Waals surface area (Å²) in [5.41, 5.74) is 0. The van der Waals surface area contributed by atoms with Gasteiger partial charge in [-0.25, -0.2) is 0 Å². The lowest BCUT2D eigenvalue weighted by Gasteiger charge is -2.28. The van der Waals surface area contributed by atoms with E-state index in [2.05, 4.69) is 13.5 Å². The Morgan fingerprint density at radius 2 is 1.31 bits per heavy atom. The van der Waals surface area contributed by atoms with E-state index in [4.69, 9.17) is 23.7 Å². The van der Waals surface area contributed by atoms with Crippen molar-refractivity contribution in [3.63, 3.8) is 0 Å². The molecule has 1 N–H and O–H groups in total. The molecule has 0 aromatic heterocycles. The topological polar surface area (TPSA) is 66.4 Å². The van der Waals surface area contributed by atoms with Crippen LogP contribution in [0.25, 0.3) is 0 Å².